The van der Waals surface area contributed by atoms with Gasteiger partial charge in [-0.15, -0.1) is 5.10 Å². The number of para-hydroxylation sites is 2. The summed E-state index contributed by atoms with van der Waals surface area (Å²) < 4.78 is 7.88. The molecule has 142 valence electrons. The summed E-state index contributed by atoms with van der Waals surface area (Å²) in [5.74, 6) is 0.795. The van der Waals surface area contributed by atoms with E-state index < -0.39 is 5.72 Å². The molecule has 5 nitrogen and oxygen atoms in total. The lowest BCUT2D eigenvalue weighted by Gasteiger charge is -2.30. The number of aliphatic hydroxyl groups excluding tert-OH is 1. The number of unbranched alkanes of at least 4 members (excludes halogenated alkanes) is 4. The standard InChI is InChI=1S/C22H27N3O2/c1-3-4-5-6-10-17-21(26)22(2,27-18-13-8-7-9-14-18)25-20-16-12-11-15-19(20)23-24-25/h7-9,11-17,26H,3-6,10H2,1-2H3/b21-17+. The predicted octanol–water partition coefficient (Wildman–Crippen LogP) is 5.60. The van der Waals surface area contributed by atoms with Crippen LogP contribution in [0.25, 0.3) is 11.0 Å². The van der Waals surface area contributed by atoms with Gasteiger partial charge in [-0.05, 0) is 43.2 Å². The number of nitrogens with zero attached hydrogens (tertiary/aromatic N) is 3. The molecule has 0 aliphatic carbocycles. The van der Waals surface area contributed by atoms with Crippen LogP contribution in [0.2, 0.25) is 0 Å². The highest BCUT2D eigenvalue weighted by molar-refractivity contribution is 5.74. The molecule has 27 heavy (non-hydrogen) atoms. The number of allylic oxidation sites excluding steroid dienone is 1. The van der Waals surface area contributed by atoms with E-state index >= 15 is 0 Å². The monoisotopic (exact) mass is 365 g/mol. The van der Waals surface area contributed by atoms with Crippen molar-refractivity contribution in [3.63, 3.8) is 0 Å². The van der Waals surface area contributed by atoms with Gasteiger partial charge in [-0.2, -0.15) is 4.68 Å². The summed E-state index contributed by atoms with van der Waals surface area (Å²) in [7, 11) is 0. The summed E-state index contributed by atoms with van der Waals surface area (Å²) in [5, 5.41) is 19.5. The Morgan fingerprint density at radius 1 is 1.07 bits per heavy atom. The third-order valence-electron chi connectivity index (χ3n) is 4.69. The molecule has 2 aromatic carbocycles. The van der Waals surface area contributed by atoms with Gasteiger partial charge in [0.05, 0.1) is 5.52 Å². The molecule has 0 radical (unpaired) electrons. The van der Waals surface area contributed by atoms with Gasteiger partial charge in [-0.1, -0.05) is 61.7 Å². The smallest absolute Gasteiger partial charge is 0.257 e. The largest absolute Gasteiger partial charge is 0.506 e. The molecule has 1 heterocycles. The molecule has 1 atom stereocenters. The van der Waals surface area contributed by atoms with E-state index in [1.807, 2.05) is 67.6 Å². The number of hydrogen-bond acceptors (Lipinski definition) is 4. The first-order valence-corrected chi connectivity index (χ1v) is 9.59. The zero-order chi connectivity index (χ0) is 19.1. The van der Waals surface area contributed by atoms with Gasteiger partial charge in [0.1, 0.15) is 11.3 Å². The Morgan fingerprint density at radius 3 is 2.59 bits per heavy atom. The normalized spacial score (nSPS) is 14.2. The molecule has 3 rings (SSSR count). The van der Waals surface area contributed by atoms with Crippen LogP contribution in [0.1, 0.15) is 46.0 Å². The first-order chi connectivity index (χ1) is 13.1. The van der Waals surface area contributed by atoms with Crippen molar-refractivity contribution in [2.45, 2.75) is 51.7 Å². The molecule has 1 N–H and O–H groups in total. The van der Waals surface area contributed by atoms with Crippen LogP contribution in [0, 0.1) is 0 Å². The highest BCUT2D eigenvalue weighted by atomic mass is 16.5. The van der Waals surface area contributed by atoms with E-state index in [9.17, 15) is 5.11 Å². The zero-order valence-electron chi connectivity index (χ0n) is 16.0. The van der Waals surface area contributed by atoms with Crippen molar-refractivity contribution in [3.8, 4) is 5.75 Å². The van der Waals surface area contributed by atoms with Gasteiger partial charge in [0.15, 0.2) is 5.76 Å². The highest BCUT2D eigenvalue weighted by Gasteiger charge is 2.36. The first-order valence-electron chi connectivity index (χ1n) is 9.59. The van der Waals surface area contributed by atoms with Crippen LogP contribution in [0.4, 0.5) is 0 Å². The fourth-order valence-electron chi connectivity index (χ4n) is 3.11. The number of benzene rings is 2. The van der Waals surface area contributed by atoms with E-state index in [1.165, 1.54) is 12.8 Å². The molecule has 0 saturated heterocycles. The Bertz CT molecular complexity index is 889. The molecule has 0 amide bonds. The molecule has 0 saturated carbocycles. The second-order valence-electron chi connectivity index (χ2n) is 6.83. The average molecular weight is 365 g/mol. The van der Waals surface area contributed by atoms with Crippen LogP contribution >= 0.6 is 0 Å². The van der Waals surface area contributed by atoms with Crippen molar-refractivity contribution in [2.24, 2.45) is 0 Å². The van der Waals surface area contributed by atoms with Crippen LogP contribution in [0.5, 0.6) is 5.75 Å². The quantitative estimate of drug-likeness (QED) is 0.396. The topological polar surface area (TPSA) is 60.2 Å². The van der Waals surface area contributed by atoms with Crippen LogP contribution in [0.15, 0.2) is 66.4 Å². The van der Waals surface area contributed by atoms with E-state index in [4.69, 9.17) is 4.74 Å². The van der Waals surface area contributed by atoms with Crippen molar-refractivity contribution in [3.05, 3.63) is 66.4 Å². The molecule has 0 spiro atoms. The van der Waals surface area contributed by atoms with Crippen molar-refractivity contribution < 1.29 is 9.84 Å². The molecule has 5 heteroatoms. The number of aliphatic hydroxyl groups is 1. The maximum atomic E-state index is 11.0. The molecule has 1 aromatic heterocycles. The van der Waals surface area contributed by atoms with E-state index in [0.717, 1.165) is 30.3 Å². The first kappa shape index (κ1) is 19.0. The number of fused-ring (bicyclic) bond motifs is 1. The summed E-state index contributed by atoms with van der Waals surface area (Å²) in [6.45, 7) is 4.01. The fraction of sp³-hybridized carbons (Fsp3) is 0.364. The summed E-state index contributed by atoms with van der Waals surface area (Å²) in [5.41, 5.74) is 0.389. The molecule has 0 aliphatic heterocycles. The molecular formula is C22H27N3O2. The number of ether oxygens (including phenoxy) is 1. The van der Waals surface area contributed by atoms with Gasteiger partial charge in [0, 0.05) is 6.92 Å². The lowest BCUT2D eigenvalue weighted by Crippen LogP contribution is -2.39. The van der Waals surface area contributed by atoms with Gasteiger partial charge in [-0.25, -0.2) is 0 Å². The summed E-state index contributed by atoms with van der Waals surface area (Å²) in [6, 6.07) is 17.1. The van der Waals surface area contributed by atoms with E-state index in [0.29, 0.717) is 5.75 Å². The lowest BCUT2D eigenvalue weighted by molar-refractivity contribution is -0.00107. The van der Waals surface area contributed by atoms with E-state index in [-0.39, 0.29) is 5.76 Å². The number of rotatable bonds is 9. The fourth-order valence-corrected chi connectivity index (χ4v) is 3.11. The van der Waals surface area contributed by atoms with Crippen molar-refractivity contribution in [1.29, 1.82) is 0 Å². The minimum atomic E-state index is -1.18. The molecule has 0 bridgehead atoms. The van der Waals surface area contributed by atoms with Crippen molar-refractivity contribution in [2.75, 3.05) is 0 Å². The van der Waals surface area contributed by atoms with Gasteiger partial charge in [-0.3, -0.25) is 0 Å². The minimum absolute atomic E-state index is 0.138. The number of aromatic nitrogens is 3. The Hall–Kier alpha value is -2.82. The van der Waals surface area contributed by atoms with Crippen LogP contribution in [-0.2, 0) is 5.72 Å². The van der Waals surface area contributed by atoms with Crippen molar-refractivity contribution in [1.82, 2.24) is 15.0 Å². The third-order valence-corrected chi connectivity index (χ3v) is 4.69. The van der Waals surface area contributed by atoms with Gasteiger partial charge >= 0.3 is 0 Å². The molecule has 3 aromatic rings. The second kappa shape index (κ2) is 8.71. The van der Waals surface area contributed by atoms with Crippen LogP contribution < -0.4 is 4.74 Å². The van der Waals surface area contributed by atoms with Gasteiger partial charge in [0.25, 0.3) is 5.72 Å². The second-order valence-corrected chi connectivity index (χ2v) is 6.83. The van der Waals surface area contributed by atoms with E-state index in [2.05, 4.69) is 17.2 Å². The average Bonchev–Trinajstić information content (AvgIpc) is 3.13. The Morgan fingerprint density at radius 2 is 1.81 bits per heavy atom. The van der Waals surface area contributed by atoms with Crippen LogP contribution in [0.3, 0.4) is 0 Å². The molecule has 0 aliphatic rings. The lowest BCUT2D eigenvalue weighted by atomic mass is 10.1. The molecular weight excluding hydrogens is 338 g/mol. The highest BCUT2D eigenvalue weighted by Crippen LogP contribution is 2.31. The molecule has 0 fully saturated rings. The van der Waals surface area contributed by atoms with E-state index in [1.54, 1.807) is 4.68 Å². The summed E-state index contributed by atoms with van der Waals surface area (Å²) >= 11 is 0. The predicted molar refractivity (Wildman–Crippen MR) is 108 cm³/mol. The summed E-state index contributed by atoms with van der Waals surface area (Å²) in [6.07, 6.45) is 7.23. The van der Waals surface area contributed by atoms with Crippen molar-refractivity contribution >= 4 is 11.0 Å². The maximum Gasteiger partial charge on any atom is 0.257 e. The Balaban J connectivity index is 1.94. The Labute approximate surface area is 160 Å². The van der Waals surface area contributed by atoms with Gasteiger partial charge in [0.2, 0.25) is 0 Å². The SMILES string of the molecule is CCCCCC/C=C(/O)C(C)(Oc1ccccc1)n1nnc2ccccc21. The maximum absolute atomic E-state index is 11.0. The third kappa shape index (κ3) is 4.30. The van der Waals surface area contributed by atoms with Crippen LogP contribution in [-0.4, -0.2) is 20.1 Å². The zero-order valence-corrected chi connectivity index (χ0v) is 16.0. The Kier molecular flexibility index (Phi) is 6.12. The number of hydrogen-bond donors (Lipinski definition) is 1. The summed E-state index contributed by atoms with van der Waals surface area (Å²) in [4.78, 5) is 0. The molecule has 1 unspecified atom stereocenters. The minimum Gasteiger partial charge on any atom is -0.506 e. The van der Waals surface area contributed by atoms with Gasteiger partial charge < -0.3 is 9.84 Å².